The van der Waals surface area contributed by atoms with Gasteiger partial charge in [-0.15, -0.1) is 0 Å². The van der Waals surface area contributed by atoms with E-state index in [-0.39, 0.29) is 0 Å². The Morgan fingerprint density at radius 1 is 1.35 bits per heavy atom. The number of carbonyl (C=O) groups is 1. The lowest BCUT2D eigenvalue weighted by atomic mass is 10.2. The first-order chi connectivity index (χ1) is 7.91. The first-order valence-electron chi connectivity index (χ1n) is 4.86. The molecule has 0 saturated carbocycles. The summed E-state index contributed by atoms with van der Waals surface area (Å²) >= 11 is 0. The third-order valence-corrected chi connectivity index (χ3v) is 2.02. The summed E-state index contributed by atoms with van der Waals surface area (Å²) in [6.45, 7) is 0.957. The lowest BCUT2D eigenvalue weighted by Gasteiger charge is -2.09. The van der Waals surface area contributed by atoms with Crippen LogP contribution in [0.25, 0.3) is 0 Å². The summed E-state index contributed by atoms with van der Waals surface area (Å²) in [7, 11) is 0. The molecule has 1 aromatic carbocycles. The van der Waals surface area contributed by atoms with E-state index < -0.39 is 18.0 Å². The van der Waals surface area contributed by atoms with Gasteiger partial charge in [-0.2, -0.15) is 18.3 Å². The zero-order chi connectivity index (χ0) is 12.9. The van der Waals surface area contributed by atoms with E-state index in [9.17, 15) is 18.0 Å². The fourth-order valence-corrected chi connectivity index (χ4v) is 0.946. The minimum Gasteiger partial charge on any atom is -0.267 e. The Morgan fingerprint density at radius 3 is 2.47 bits per heavy atom. The minimum absolute atomic E-state index is 0.337. The standard InChI is InChI=1S/C11H11F3N2O/c1-8(11(12,13)14)7-15-16-10(17)9-5-3-2-4-6-9/h2-8H,1H3,(H,16,17). The normalized spacial score (nSPS) is 13.6. The molecule has 1 N–H and O–H groups in total. The van der Waals surface area contributed by atoms with Gasteiger partial charge in [-0.25, -0.2) is 5.43 Å². The van der Waals surface area contributed by atoms with Crippen molar-refractivity contribution in [3.8, 4) is 0 Å². The Hall–Kier alpha value is -1.85. The van der Waals surface area contributed by atoms with Crippen LogP contribution in [0.5, 0.6) is 0 Å². The molecular formula is C11H11F3N2O. The summed E-state index contributed by atoms with van der Waals surface area (Å²) in [4.78, 5) is 11.4. The lowest BCUT2D eigenvalue weighted by molar-refractivity contribution is -0.149. The van der Waals surface area contributed by atoms with Crippen LogP contribution in [0.4, 0.5) is 13.2 Å². The number of halogens is 3. The van der Waals surface area contributed by atoms with Gasteiger partial charge in [0.1, 0.15) is 0 Å². The molecule has 0 spiro atoms. The maximum Gasteiger partial charge on any atom is 0.396 e. The quantitative estimate of drug-likeness (QED) is 0.644. The van der Waals surface area contributed by atoms with Gasteiger partial charge in [0.15, 0.2) is 0 Å². The predicted octanol–water partition coefficient (Wildman–Crippen LogP) is 2.60. The molecule has 6 heteroatoms. The Morgan fingerprint density at radius 2 is 1.94 bits per heavy atom. The summed E-state index contributed by atoms with van der Waals surface area (Å²) in [5.41, 5.74) is 2.37. The minimum atomic E-state index is -4.35. The van der Waals surface area contributed by atoms with Crippen LogP contribution >= 0.6 is 0 Å². The summed E-state index contributed by atoms with van der Waals surface area (Å²) in [6, 6.07) is 8.11. The molecule has 0 fully saturated rings. The second-order valence-corrected chi connectivity index (χ2v) is 3.42. The highest BCUT2D eigenvalue weighted by Crippen LogP contribution is 2.23. The third kappa shape index (κ3) is 4.26. The number of hydrazone groups is 1. The van der Waals surface area contributed by atoms with Crippen molar-refractivity contribution in [3.63, 3.8) is 0 Å². The zero-order valence-corrected chi connectivity index (χ0v) is 9.03. The zero-order valence-electron chi connectivity index (χ0n) is 9.03. The van der Waals surface area contributed by atoms with E-state index in [1.54, 1.807) is 18.2 Å². The summed E-state index contributed by atoms with van der Waals surface area (Å²) in [5, 5.41) is 3.27. The fraction of sp³-hybridized carbons (Fsp3) is 0.273. The van der Waals surface area contributed by atoms with Crippen molar-refractivity contribution in [3.05, 3.63) is 35.9 Å². The first kappa shape index (κ1) is 13.2. The van der Waals surface area contributed by atoms with Crippen molar-refractivity contribution in [2.24, 2.45) is 11.0 Å². The molecule has 0 radical (unpaired) electrons. The number of nitrogens with one attached hydrogen (secondary N) is 1. The second kappa shape index (κ2) is 5.47. The molecule has 3 nitrogen and oxygen atoms in total. The monoisotopic (exact) mass is 244 g/mol. The largest absolute Gasteiger partial charge is 0.396 e. The maximum atomic E-state index is 12.1. The molecule has 0 aromatic heterocycles. The van der Waals surface area contributed by atoms with Gasteiger partial charge >= 0.3 is 6.18 Å². The van der Waals surface area contributed by atoms with Crippen LogP contribution in [0.3, 0.4) is 0 Å². The van der Waals surface area contributed by atoms with Crippen LogP contribution in [0.2, 0.25) is 0 Å². The average Bonchev–Trinajstić information content (AvgIpc) is 2.28. The lowest BCUT2D eigenvalue weighted by Crippen LogP contribution is -2.24. The van der Waals surface area contributed by atoms with Crippen LogP contribution in [-0.4, -0.2) is 18.3 Å². The molecule has 0 aliphatic carbocycles. The van der Waals surface area contributed by atoms with Crippen molar-refractivity contribution >= 4 is 12.1 Å². The topological polar surface area (TPSA) is 41.5 Å². The molecule has 92 valence electrons. The van der Waals surface area contributed by atoms with Crippen molar-refractivity contribution in [2.45, 2.75) is 13.1 Å². The Kier molecular flexibility index (Phi) is 4.25. The number of hydrogen-bond donors (Lipinski definition) is 1. The highest BCUT2D eigenvalue weighted by molar-refractivity contribution is 5.94. The van der Waals surface area contributed by atoms with Crippen molar-refractivity contribution in [2.75, 3.05) is 0 Å². The van der Waals surface area contributed by atoms with Crippen molar-refractivity contribution in [1.82, 2.24) is 5.43 Å². The fourth-order valence-electron chi connectivity index (χ4n) is 0.946. The van der Waals surface area contributed by atoms with Crippen LogP contribution in [0.15, 0.2) is 35.4 Å². The van der Waals surface area contributed by atoms with E-state index >= 15 is 0 Å². The molecular weight excluding hydrogens is 233 g/mol. The maximum absolute atomic E-state index is 12.1. The molecule has 17 heavy (non-hydrogen) atoms. The van der Waals surface area contributed by atoms with Crippen molar-refractivity contribution < 1.29 is 18.0 Å². The molecule has 1 rings (SSSR count). The Bertz CT molecular complexity index is 401. The molecule has 1 unspecified atom stereocenters. The number of benzene rings is 1. The second-order valence-electron chi connectivity index (χ2n) is 3.42. The van der Waals surface area contributed by atoms with E-state index in [1.165, 1.54) is 12.1 Å². The Balaban J connectivity index is 2.52. The summed E-state index contributed by atoms with van der Waals surface area (Å²) in [6.07, 6.45) is -3.69. The number of rotatable bonds is 3. The SMILES string of the molecule is CC(C=NNC(=O)c1ccccc1)C(F)(F)F. The predicted molar refractivity (Wildman–Crippen MR) is 57.6 cm³/mol. The van der Waals surface area contributed by atoms with Gasteiger partial charge in [-0.05, 0) is 19.1 Å². The van der Waals surface area contributed by atoms with Gasteiger partial charge in [0, 0.05) is 11.8 Å². The van der Waals surface area contributed by atoms with E-state index in [4.69, 9.17) is 0 Å². The van der Waals surface area contributed by atoms with Crippen LogP contribution in [-0.2, 0) is 0 Å². The Labute approximate surface area is 96.3 Å². The highest BCUT2D eigenvalue weighted by atomic mass is 19.4. The van der Waals surface area contributed by atoms with E-state index in [1.807, 2.05) is 5.43 Å². The number of nitrogens with zero attached hydrogens (tertiary/aromatic N) is 1. The third-order valence-electron chi connectivity index (χ3n) is 2.02. The average molecular weight is 244 g/mol. The molecule has 0 saturated heterocycles. The molecule has 1 aromatic rings. The van der Waals surface area contributed by atoms with E-state index in [0.717, 1.165) is 6.92 Å². The van der Waals surface area contributed by atoms with E-state index in [2.05, 4.69) is 5.10 Å². The molecule has 0 heterocycles. The van der Waals surface area contributed by atoms with Gasteiger partial charge in [0.25, 0.3) is 5.91 Å². The van der Waals surface area contributed by atoms with Gasteiger partial charge in [0.05, 0.1) is 5.92 Å². The first-order valence-corrected chi connectivity index (χ1v) is 4.86. The molecule has 0 aliphatic rings. The van der Waals surface area contributed by atoms with Gasteiger partial charge in [-0.1, -0.05) is 18.2 Å². The van der Waals surface area contributed by atoms with E-state index in [0.29, 0.717) is 11.8 Å². The summed E-state index contributed by atoms with van der Waals surface area (Å²) < 4.78 is 36.3. The number of hydrogen-bond acceptors (Lipinski definition) is 2. The van der Waals surface area contributed by atoms with Crippen LogP contribution in [0.1, 0.15) is 17.3 Å². The van der Waals surface area contributed by atoms with Crippen molar-refractivity contribution in [1.29, 1.82) is 0 Å². The number of amides is 1. The number of alkyl halides is 3. The summed E-state index contributed by atoms with van der Waals surface area (Å²) in [5.74, 6) is -2.24. The van der Waals surface area contributed by atoms with Gasteiger partial charge in [0.2, 0.25) is 0 Å². The molecule has 1 atom stereocenters. The van der Waals surface area contributed by atoms with Crippen LogP contribution in [0, 0.1) is 5.92 Å². The molecule has 0 bridgehead atoms. The van der Waals surface area contributed by atoms with Crippen LogP contribution < -0.4 is 5.43 Å². The van der Waals surface area contributed by atoms with Gasteiger partial charge in [-0.3, -0.25) is 4.79 Å². The van der Waals surface area contributed by atoms with Gasteiger partial charge < -0.3 is 0 Å². The highest BCUT2D eigenvalue weighted by Gasteiger charge is 2.34. The molecule has 0 aliphatic heterocycles. The molecule has 1 amide bonds. The number of carbonyl (C=O) groups excluding carboxylic acids is 1. The smallest absolute Gasteiger partial charge is 0.267 e.